The van der Waals surface area contributed by atoms with Crippen LogP contribution in [-0.4, -0.2) is 21.4 Å². The Morgan fingerprint density at radius 3 is 2.04 bits per heavy atom. The fourth-order valence-corrected chi connectivity index (χ4v) is 3.36. The molecule has 6 nitrogen and oxygen atoms in total. The summed E-state index contributed by atoms with van der Waals surface area (Å²) in [7, 11) is 0. The van der Waals surface area contributed by atoms with Crippen LogP contribution >= 0.6 is 0 Å². The van der Waals surface area contributed by atoms with E-state index in [1.54, 1.807) is 5.01 Å². The number of benzene rings is 2. The molecule has 24 heavy (non-hydrogen) atoms. The van der Waals surface area contributed by atoms with E-state index < -0.39 is 0 Å². The largest absolute Gasteiger partial charge is 0.412 e. The Balaban J connectivity index is 0.00000208. The Hall–Kier alpha value is -2.73. The van der Waals surface area contributed by atoms with Gasteiger partial charge in [0.2, 0.25) is 0 Å². The van der Waals surface area contributed by atoms with E-state index in [-0.39, 0.29) is 23.5 Å². The Bertz CT molecular complexity index is 691. The van der Waals surface area contributed by atoms with Gasteiger partial charge in [-0.15, -0.1) is 4.91 Å². The van der Waals surface area contributed by atoms with Gasteiger partial charge in [0.15, 0.2) is 0 Å². The van der Waals surface area contributed by atoms with Crippen LogP contribution in [0.2, 0.25) is 0 Å². The van der Waals surface area contributed by atoms with Crippen molar-refractivity contribution in [2.75, 3.05) is 0 Å². The van der Waals surface area contributed by atoms with Crippen molar-refractivity contribution in [3.63, 3.8) is 0 Å². The monoisotopic (exact) mass is 327 g/mol. The van der Waals surface area contributed by atoms with Crippen LogP contribution in [-0.2, 0) is 0 Å². The number of hydrogen-bond donors (Lipinski definition) is 1. The molecule has 1 fully saturated rings. The van der Waals surface area contributed by atoms with Crippen LogP contribution in [0.15, 0.2) is 71.1 Å². The molecule has 0 radical (unpaired) electrons. The molecule has 1 heterocycles. The Morgan fingerprint density at radius 1 is 1.00 bits per heavy atom. The maximum Gasteiger partial charge on any atom is 0.0838 e. The van der Waals surface area contributed by atoms with E-state index in [1.807, 2.05) is 67.6 Å². The molecule has 0 aliphatic carbocycles. The predicted molar refractivity (Wildman–Crippen MR) is 92.6 cm³/mol. The zero-order valence-corrected chi connectivity index (χ0v) is 13.4. The van der Waals surface area contributed by atoms with E-state index in [1.165, 1.54) is 0 Å². The van der Waals surface area contributed by atoms with Crippen LogP contribution in [0.1, 0.15) is 36.6 Å². The minimum Gasteiger partial charge on any atom is -0.412 e. The normalized spacial score (nSPS) is 25.1. The van der Waals surface area contributed by atoms with Crippen LogP contribution in [0.3, 0.4) is 0 Å². The van der Waals surface area contributed by atoms with Gasteiger partial charge >= 0.3 is 0 Å². The number of nitroso groups, excluding NO2 is 1. The first-order valence-electron chi connectivity index (χ1n) is 7.68. The lowest BCUT2D eigenvalue weighted by atomic mass is 9.81. The molecule has 126 valence electrons. The third-order valence-corrected chi connectivity index (χ3v) is 4.55. The van der Waals surface area contributed by atoms with Crippen molar-refractivity contribution >= 4 is 5.71 Å². The van der Waals surface area contributed by atoms with E-state index in [2.05, 4.69) is 10.4 Å². The summed E-state index contributed by atoms with van der Waals surface area (Å²) in [5, 5.41) is 17.8. The van der Waals surface area contributed by atoms with Crippen LogP contribution in [0, 0.1) is 10.8 Å². The Morgan fingerprint density at radius 2 is 1.54 bits per heavy atom. The van der Waals surface area contributed by atoms with E-state index >= 15 is 0 Å². The van der Waals surface area contributed by atoms with Crippen molar-refractivity contribution in [3.05, 3.63) is 76.7 Å². The zero-order chi connectivity index (χ0) is 16.2. The van der Waals surface area contributed by atoms with E-state index in [4.69, 9.17) is 0 Å². The maximum absolute atomic E-state index is 11.6. The molecule has 3 rings (SSSR count). The van der Waals surface area contributed by atoms with Gasteiger partial charge in [0.1, 0.15) is 0 Å². The van der Waals surface area contributed by atoms with E-state index in [0.29, 0.717) is 12.1 Å². The Kier molecular flexibility index (Phi) is 5.65. The second kappa shape index (κ2) is 7.70. The lowest BCUT2D eigenvalue weighted by Crippen LogP contribution is -2.41. The number of rotatable bonds is 3. The molecule has 6 heteroatoms. The average molecular weight is 327 g/mol. The van der Waals surface area contributed by atoms with Gasteiger partial charge in [-0.1, -0.05) is 72.7 Å². The smallest absolute Gasteiger partial charge is 0.0838 e. The predicted octanol–water partition coefficient (Wildman–Crippen LogP) is 3.50. The van der Waals surface area contributed by atoms with Gasteiger partial charge in [0.25, 0.3) is 0 Å². The van der Waals surface area contributed by atoms with Gasteiger partial charge < -0.3 is 10.7 Å². The average Bonchev–Trinajstić information content (AvgIpc) is 2.62. The topological polar surface area (TPSA) is 96.8 Å². The molecule has 2 aromatic rings. The second-order valence-electron chi connectivity index (χ2n) is 5.83. The SMILES string of the molecule is C[C@@H]1/C(=N/O)C[C@@H](c2ccccc2)N(N=O)[C@H]1c1ccccc1.O. The molecule has 0 amide bonds. The minimum absolute atomic E-state index is 0. The number of nitrogens with zero attached hydrogens (tertiary/aromatic N) is 3. The van der Waals surface area contributed by atoms with Gasteiger partial charge in [-0.2, -0.15) is 0 Å². The molecule has 2 aromatic carbocycles. The summed E-state index contributed by atoms with van der Waals surface area (Å²) in [5.41, 5.74) is 2.66. The van der Waals surface area contributed by atoms with Gasteiger partial charge in [-0.3, -0.25) is 0 Å². The maximum atomic E-state index is 11.6. The quantitative estimate of drug-likeness (QED) is 0.531. The first kappa shape index (κ1) is 17.6. The molecule has 3 N–H and O–H groups in total. The van der Waals surface area contributed by atoms with Crippen molar-refractivity contribution in [3.8, 4) is 0 Å². The van der Waals surface area contributed by atoms with Gasteiger partial charge in [-0.05, 0) is 11.1 Å². The highest BCUT2D eigenvalue weighted by atomic mass is 16.4. The zero-order valence-electron chi connectivity index (χ0n) is 13.4. The highest BCUT2D eigenvalue weighted by molar-refractivity contribution is 5.88. The third kappa shape index (κ3) is 3.14. The molecule has 1 aliphatic heterocycles. The minimum atomic E-state index is -0.251. The first-order valence-corrected chi connectivity index (χ1v) is 7.68. The second-order valence-corrected chi connectivity index (χ2v) is 5.83. The van der Waals surface area contributed by atoms with Crippen LogP contribution in [0.5, 0.6) is 0 Å². The molecule has 1 aliphatic rings. The molecule has 0 unspecified atom stereocenters. The van der Waals surface area contributed by atoms with Gasteiger partial charge in [0.05, 0.1) is 23.1 Å². The van der Waals surface area contributed by atoms with Gasteiger partial charge in [-0.25, -0.2) is 5.01 Å². The fraction of sp³-hybridized carbons (Fsp3) is 0.278. The molecule has 0 saturated carbocycles. The molecular formula is C18H21N3O3. The van der Waals surface area contributed by atoms with Crippen molar-refractivity contribution < 1.29 is 10.7 Å². The summed E-state index contributed by atoms with van der Waals surface area (Å²) < 4.78 is 0. The van der Waals surface area contributed by atoms with Crippen molar-refractivity contribution in [2.45, 2.75) is 25.4 Å². The standard InChI is InChI=1S/C18H19N3O2.H2O/c1-13-16(19-22)12-17(14-8-4-2-5-9-14)21(20-23)18(13)15-10-6-3-7-11-15;/h2-11,13,17-18,22H,12H2,1H3;1H2/b19-16+;/t13-,17+,18-;/m1./s1. The summed E-state index contributed by atoms with van der Waals surface area (Å²) in [6.45, 7) is 1.96. The van der Waals surface area contributed by atoms with Gasteiger partial charge in [0, 0.05) is 12.3 Å². The van der Waals surface area contributed by atoms with Crippen molar-refractivity contribution in [1.82, 2.24) is 5.01 Å². The fourth-order valence-electron chi connectivity index (χ4n) is 3.36. The summed E-state index contributed by atoms with van der Waals surface area (Å²) in [6, 6.07) is 19.0. The first-order chi connectivity index (χ1) is 11.3. The van der Waals surface area contributed by atoms with Crippen molar-refractivity contribution in [1.29, 1.82) is 0 Å². The molecular weight excluding hydrogens is 306 g/mol. The van der Waals surface area contributed by atoms with E-state index in [0.717, 1.165) is 11.1 Å². The number of hydrogen-bond acceptors (Lipinski definition) is 4. The van der Waals surface area contributed by atoms with Crippen LogP contribution < -0.4 is 0 Å². The van der Waals surface area contributed by atoms with Crippen molar-refractivity contribution in [2.24, 2.45) is 16.4 Å². The van der Waals surface area contributed by atoms with Crippen LogP contribution in [0.25, 0.3) is 0 Å². The summed E-state index contributed by atoms with van der Waals surface area (Å²) in [6.07, 6.45) is 0.483. The third-order valence-electron chi connectivity index (χ3n) is 4.55. The molecule has 0 aromatic heterocycles. The summed E-state index contributed by atoms with van der Waals surface area (Å²) >= 11 is 0. The number of oxime groups is 1. The summed E-state index contributed by atoms with van der Waals surface area (Å²) in [5.74, 6) is -0.0972. The summed E-state index contributed by atoms with van der Waals surface area (Å²) in [4.78, 5) is 11.6. The molecule has 1 saturated heterocycles. The van der Waals surface area contributed by atoms with E-state index in [9.17, 15) is 10.1 Å². The lowest BCUT2D eigenvalue weighted by molar-refractivity contribution is 0.0955. The highest BCUT2D eigenvalue weighted by Gasteiger charge is 2.41. The lowest BCUT2D eigenvalue weighted by Gasteiger charge is -2.42. The van der Waals surface area contributed by atoms with Crippen LogP contribution in [0.4, 0.5) is 0 Å². The highest BCUT2D eigenvalue weighted by Crippen LogP contribution is 2.43. The Labute approximate surface area is 140 Å². The number of piperidine rings is 1. The molecule has 3 atom stereocenters. The molecule has 0 bridgehead atoms. The molecule has 0 spiro atoms.